The van der Waals surface area contributed by atoms with E-state index >= 15 is 0 Å². The van der Waals surface area contributed by atoms with Gasteiger partial charge in [0.05, 0.1) is 19.3 Å². The quantitative estimate of drug-likeness (QED) is 0.655. The molecule has 2 nitrogen and oxygen atoms in total. The fourth-order valence-corrected chi connectivity index (χ4v) is 2.48. The molecule has 19 heavy (non-hydrogen) atoms. The first-order chi connectivity index (χ1) is 9.20. The van der Waals surface area contributed by atoms with Crippen molar-refractivity contribution in [2.24, 2.45) is 10.9 Å². The Bertz CT molecular complexity index is 420. The average Bonchev–Trinajstić information content (AvgIpc) is 2.87. The van der Waals surface area contributed by atoms with E-state index < -0.39 is 0 Å². The van der Waals surface area contributed by atoms with E-state index in [1.54, 1.807) is 0 Å². The zero-order valence-electron chi connectivity index (χ0n) is 12.1. The van der Waals surface area contributed by atoms with Crippen molar-refractivity contribution in [1.82, 2.24) is 0 Å². The van der Waals surface area contributed by atoms with Gasteiger partial charge < -0.3 is 0 Å². The van der Waals surface area contributed by atoms with E-state index in [-0.39, 0.29) is 0 Å². The molecule has 0 aromatic heterocycles. The van der Waals surface area contributed by atoms with Crippen LogP contribution < -0.4 is 0 Å². The molecule has 0 saturated carbocycles. The van der Waals surface area contributed by atoms with Crippen LogP contribution in [-0.4, -0.2) is 23.9 Å². The maximum Gasteiger partial charge on any atom is 0.194 e. The number of quaternary nitrogens is 1. The summed E-state index contributed by atoms with van der Waals surface area (Å²) in [6, 6.07) is 10.8. The molecule has 0 N–H and O–H groups in total. The molecule has 0 fully saturated rings. The normalized spacial score (nSPS) is 21.4. The minimum absolute atomic E-state index is 0.756. The highest BCUT2D eigenvalue weighted by molar-refractivity contribution is 5.50. The Morgan fingerprint density at radius 2 is 1.89 bits per heavy atom. The second-order valence-corrected chi connectivity index (χ2v) is 5.88. The molecule has 0 saturated heterocycles. The van der Waals surface area contributed by atoms with Crippen LogP contribution in [0.5, 0.6) is 0 Å². The molecule has 1 aliphatic heterocycles. The summed E-state index contributed by atoms with van der Waals surface area (Å²) in [5.74, 6) is 0.756. The molecule has 0 spiro atoms. The summed E-state index contributed by atoms with van der Waals surface area (Å²) in [5, 5.41) is 0. The predicted octanol–water partition coefficient (Wildman–Crippen LogP) is 4.00. The van der Waals surface area contributed by atoms with Crippen molar-refractivity contribution in [3.8, 4) is 0 Å². The van der Waals surface area contributed by atoms with Crippen LogP contribution in [0, 0.1) is 5.92 Å². The zero-order chi connectivity index (χ0) is 13.6. The van der Waals surface area contributed by atoms with E-state index in [4.69, 9.17) is 0 Å². The van der Waals surface area contributed by atoms with Gasteiger partial charge in [-0.1, -0.05) is 44.2 Å². The number of hydrogen-bond acceptors (Lipinski definition) is 1. The third-order valence-electron chi connectivity index (χ3n) is 3.75. The van der Waals surface area contributed by atoms with Gasteiger partial charge in [0.1, 0.15) is 6.20 Å². The van der Waals surface area contributed by atoms with Gasteiger partial charge in [0.2, 0.25) is 0 Å². The van der Waals surface area contributed by atoms with Crippen molar-refractivity contribution >= 4 is 6.34 Å². The van der Waals surface area contributed by atoms with Gasteiger partial charge in [-0.3, -0.25) is 4.48 Å². The summed E-state index contributed by atoms with van der Waals surface area (Å²) in [6.45, 7) is 6.91. The van der Waals surface area contributed by atoms with Gasteiger partial charge in [-0.15, -0.1) is 0 Å². The van der Waals surface area contributed by atoms with Crippen molar-refractivity contribution in [2.45, 2.75) is 33.1 Å². The number of nitrogens with zero attached hydrogens (tertiary/aromatic N) is 2. The van der Waals surface area contributed by atoms with Gasteiger partial charge in [-0.25, -0.2) is 4.99 Å². The predicted molar refractivity (Wildman–Crippen MR) is 81.8 cm³/mol. The number of aryl methyl sites for hydroxylation is 1. The van der Waals surface area contributed by atoms with Crippen molar-refractivity contribution in [3.63, 3.8) is 0 Å². The van der Waals surface area contributed by atoms with Crippen LogP contribution in [-0.2, 0) is 6.42 Å². The lowest BCUT2D eigenvalue weighted by atomic mass is 10.1. The van der Waals surface area contributed by atoms with Crippen molar-refractivity contribution in [1.29, 1.82) is 0 Å². The molecule has 0 aliphatic carbocycles. The first kappa shape index (κ1) is 14.0. The second kappa shape index (κ2) is 6.67. The highest BCUT2D eigenvalue weighted by atomic mass is 15.4. The molecule has 1 aromatic carbocycles. The van der Waals surface area contributed by atoms with Crippen molar-refractivity contribution in [2.75, 3.05) is 13.1 Å². The first-order valence-corrected chi connectivity index (χ1v) is 7.33. The van der Waals surface area contributed by atoms with E-state index in [9.17, 15) is 0 Å². The van der Waals surface area contributed by atoms with Crippen molar-refractivity contribution < 1.29 is 4.48 Å². The highest BCUT2D eigenvalue weighted by Crippen LogP contribution is 2.17. The maximum absolute atomic E-state index is 4.31. The van der Waals surface area contributed by atoms with Crippen LogP contribution >= 0.6 is 0 Å². The van der Waals surface area contributed by atoms with Crippen LogP contribution in [0.4, 0.5) is 0 Å². The lowest BCUT2D eigenvalue weighted by molar-refractivity contribution is -0.780. The molecule has 1 unspecified atom stereocenters. The molecule has 2 heteroatoms. The zero-order valence-corrected chi connectivity index (χ0v) is 12.1. The minimum atomic E-state index is 0.756. The molecule has 1 heterocycles. The maximum atomic E-state index is 4.31. The lowest BCUT2D eigenvalue weighted by Gasteiger charge is -2.28. The summed E-state index contributed by atoms with van der Waals surface area (Å²) in [5.41, 5.74) is 1.43. The Kier molecular flexibility index (Phi) is 4.92. The Hall–Kier alpha value is -1.41. The largest absolute Gasteiger partial charge is 0.253 e. The molecule has 0 radical (unpaired) electrons. The fourth-order valence-electron chi connectivity index (χ4n) is 2.48. The molecule has 0 amide bonds. The van der Waals surface area contributed by atoms with Crippen LogP contribution in [0.15, 0.2) is 47.7 Å². The lowest BCUT2D eigenvalue weighted by Crippen LogP contribution is -2.42. The van der Waals surface area contributed by atoms with E-state index in [2.05, 4.69) is 61.7 Å². The SMILES string of the molecule is CC(C)CC[N+]1(CCCc2ccccc2)C=CN=C1. The monoisotopic (exact) mass is 257 g/mol. The van der Waals surface area contributed by atoms with E-state index in [1.165, 1.54) is 24.9 Å². The standard InChI is InChI=1S/C17H25N2/c1-16(2)10-13-19(14-11-18-15-19)12-6-9-17-7-4-3-5-8-17/h3-5,7-8,11,14-16H,6,9-10,12-13H2,1-2H3/q+1. The fraction of sp³-hybridized carbons (Fsp3) is 0.471. The summed E-state index contributed by atoms with van der Waals surface area (Å²) in [7, 11) is 0. The highest BCUT2D eigenvalue weighted by Gasteiger charge is 2.25. The van der Waals surface area contributed by atoms with E-state index in [0.29, 0.717) is 0 Å². The summed E-state index contributed by atoms with van der Waals surface area (Å²) in [6.07, 6.45) is 9.91. The van der Waals surface area contributed by atoms with Gasteiger partial charge in [-0.05, 0) is 24.3 Å². The molecule has 2 rings (SSSR count). The topological polar surface area (TPSA) is 12.4 Å². The Balaban J connectivity index is 1.84. The first-order valence-electron chi connectivity index (χ1n) is 7.33. The van der Waals surface area contributed by atoms with Gasteiger partial charge in [0.15, 0.2) is 6.34 Å². The van der Waals surface area contributed by atoms with Gasteiger partial charge in [0, 0.05) is 6.42 Å². The third kappa shape index (κ3) is 4.32. The smallest absolute Gasteiger partial charge is 0.194 e. The van der Waals surface area contributed by atoms with Crippen LogP contribution in [0.25, 0.3) is 0 Å². The molecule has 102 valence electrons. The average molecular weight is 257 g/mol. The third-order valence-corrected chi connectivity index (χ3v) is 3.75. The number of rotatable bonds is 7. The minimum Gasteiger partial charge on any atom is -0.253 e. The van der Waals surface area contributed by atoms with Crippen LogP contribution in [0.2, 0.25) is 0 Å². The molecule has 1 aromatic rings. The van der Waals surface area contributed by atoms with Crippen LogP contribution in [0.3, 0.4) is 0 Å². The van der Waals surface area contributed by atoms with Gasteiger partial charge in [0.25, 0.3) is 0 Å². The van der Waals surface area contributed by atoms with E-state index in [1.807, 2.05) is 6.20 Å². The summed E-state index contributed by atoms with van der Waals surface area (Å²) < 4.78 is 0.936. The molecule has 1 atom stereocenters. The molecular weight excluding hydrogens is 232 g/mol. The van der Waals surface area contributed by atoms with Gasteiger partial charge in [-0.2, -0.15) is 0 Å². The van der Waals surface area contributed by atoms with E-state index in [0.717, 1.165) is 23.4 Å². The molecule has 0 bridgehead atoms. The second-order valence-electron chi connectivity index (χ2n) is 5.88. The summed E-state index contributed by atoms with van der Waals surface area (Å²) in [4.78, 5) is 4.31. The number of hydrogen-bond donors (Lipinski definition) is 0. The molecular formula is C17H25N2+. The molecule has 1 aliphatic rings. The number of benzene rings is 1. The Morgan fingerprint density at radius 3 is 2.53 bits per heavy atom. The summed E-state index contributed by atoms with van der Waals surface area (Å²) >= 11 is 0. The number of aliphatic imine (C=N–C) groups is 1. The Labute approximate surface area is 117 Å². The van der Waals surface area contributed by atoms with Crippen LogP contribution in [0.1, 0.15) is 32.3 Å². The van der Waals surface area contributed by atoms with Crippen molar-refractivity contribution in [3.05, 3.63) is 48.3 Å². The van der Waals surface area contributed by atoms with Gasteiger partial charge >= 0.3 is 0 Å². The Morgan fingerprint density at radius 1 is 1.11 bits per heavy atom.